The number of aryl methyl sites for hydroxylation is 2. The molecular weight excluding hydrogens is 538 g/mol. The molecule has 0 bridgehead atoms. The van der Waals surface area contributed by atoms with E-state index in [-0.39, 0.29) is 6.04 Å². The minimum Gasteiger partial charge on any atom is -0.438 e. The van der Waals surface area contributed by atoms with Crippen molar-refractivity contribution in [2.75, 3.05) is 0 Å². The molecule has 2 aliphatic heterocycles. The number of rotatable bonds is 3. The van der Waals surface area contributed by atoms with Crippen LogP contribution in [0.2, 0.25) is 0 Å². The van der Waals surface area contributed by atoms with Crippen LogP contribution in [-0.2, 0) is 12.8 Å². The van der Waals surface area contributed by atoms with Crippen molar-refractivity contribution in [1.29, 1.82) is 0 Å². The van der Waals surface area contributed by atoms with E-state index >= 15 is 0 Å². The summed E-state index contributed by atoms with van der Waals surface area (Å²) in [6.07, 6.45) is 14.9. The highest BCUT2D eigenvalue weighted by Crippen LogP contribution is 2.41. The fourth-order valence-corrected chi connectivity index (χ4v) is 8.11. The Hall–Kier alpha value is -4.31. The van der Waals surface area contributed by atoms with Crippen molar-refractivity contribution >= 4 is 33.5 Å². The van der Waals surface area contributed by atoms with E-state index in [1.807, 2.05) is 13.0 Å². The van der Waals surface area contributed by atoms with Gasteiger partial charge in [-0.15, -0.1) is 0 Å². The van der Waals surface area contributed by atoms with Crippen molar-refractivity contribution in [3.8, 4) is 11.3 Å². The van der Waals surface area contributed by atoms with Gasteiger partial charge in [-0.1, -0.05) is 62.9 Å². The summed E-state index contributed by atoms with van der Waals surface area (Å²) in [5.74, 6) is 1.07. The van der Waals surface area contributed by atoms with Crippen LogP contribution in [0.15, 0.2) is 95.5 Å². The zero-order chi connectivity index (χ0) is 29.8. The van der Waals surface area contributed by atoms with E-state index < -0.39 is 0 Å². The number of aromatic nitrogens is 2. The number of allylic oxidation sites excluding steroid dienone is 1. The van der Waals surface area contributed by atoms with Gasteiger partial charge in [-0.05, 0) is 85.7 Å². The summed E-state index contributed by atoms with van der Waals surface area (Å²) >= 11 is 0. The number of furan rings is 1. The molecule has 2 aromatic carbocycles. The Bertz CT molecular complexity index is 1970. The minimum absolute atomic E-state index is 0.108. The summed E-state index contributed by atoms with van der Waals surface area (Å²) in [7, 11) is 0. The lowest BCUT2D eigenvalue weighted by Gasteiger charge is -2.32. The zero-order valence-corrected chi connectivity index (χ0v) is 25.7. The van der Waals surface area contributed by atoms with Crippen LogP contribution in [0, 0.1) is 12.8 Å². The van der Waals surface area contributed by atoms with Crippen LogP contribution in [0.25, 0.3) is 39.0 Å². The van der Waals surface area contributed by atoms with Crippen LogP contribution in [0.4, 0.5) is 0 Å². The lowest BCUT2D eigenvalue weighted by atomic mass is 9.78. The smallest absolute Gasteiger partial charge is 0.227 e. The number of aliphatic imine (C=N–C) groups is 1. The van der Waals surface area contributed by atoms with E-state index in [0.29, 0.717) is 11.6 Å². The number of pyridine rings is 2. The molecule has 0 spiro atoms. The topological polar surface area (TPSA) is 42.3 Å². The average molecular weight is 579 g/mol. The molecule has 0 radical (unpaired) electrons. The molecule has 2 atom stereocenters. The fraction of sp³-hybridized carbons (Fsp3) is 0.325. The minimum atomic E-state index is 0.108. The molecule has 3 aromatic heterocycles. The normalized spacial score (nSPS) is 20.4. The van der Waals surface area contributed by atoms with E-state index in [1.165, 1.54) is 65.6 Å². The summed E-state index contributed by atoms with van der Waals surface area (Å²) < 4.78 is 8.72. The quantitative estimate of drug-likeness (QED) is 0.200. The van der Waals surface area contributed by atoms with E-state index in [9.17, 15) is 0 Å². The first kappa shape index (κ1) is 27.3. The molecule has 3 aliphatic rings. The molecule has 5 heterocycles. The Labute approximate surface area is 259 Å². The van der Waals surface area contributed by atoms with Gasteiger partial charge in [0.25, 0.3) is 0 Å². The van der Waals surface area contributed by atoms with Gasteiger partial charge in [0, 0.05) is 40.1 Å². The highest BCUT2D eigenvalue weighted by molar-refractivity contribution is 6.10. The van der Waals surface area contributed by atoms with Crippen molar-refractivity contribution in [1.82, 2.24) is 4.98 Å². The molecule has 4 nitrogen and oxygen atoms in total. The Morgan fingerprint density at radius 1 is 0.955 bits per heavy atom. The molecule has 1 saturated carbocycles. The molecule has 1 fully saturated rings. The second-order valence-corrected chi connectivity index (χ2v) is 13.2. The molecule has 2 unspecified atom stereocenters. The largest absolute Gasteiger partial charge is 0.438 e. The molecule has 0 amide bonds. The van der Waals surface area contributed by atoms with Gasteiger partial charge in [0.15, 0.2) is 11.9 Å². The van der Waals surface area contributed by atoms with Crippen molar-refractivity contribution in [3.63, 3.8) is 0 Å². The number of fused-ring (bicyclic) bond motifs is 9. The lowest BCUT2D eigenvalue weighted by Crippen LogP contribution is -2.38. The second kappa shape index (κ2) is 11.0. The van der Waals surface area contributed by atoms with Crippen LogP contribution < -0.4 is 4.57 Å². The Morgan fingerprint density at radius 2 is 1.82 bits per heavy atom. The molecule has 220 valence electrons. The molecule has 44 heavy (non-hydrogen) atoms. The summed E-state index contributed by atoms with van der Waals surface area (Å²) in [4.78, 5) is 10.0. The third-order valence-electron chi connectivity index (χ3n) is 10.4. The predicted molar refractivity (Wildman–Crippen MR) is 180 cm³/mol. The van der Waals surface area contributed by atoms with Gasteiger partial charge in [-0.3, -0.25) is 4.99 Å². The van der Waals surface area contributed by atoms with Gasteiger partial charge in [0.05, 0.1) is 23.7 Å². The SMILES string of the molecule is C=CC1=NC2CC(=C)[n+]3ccc(CC4CCCCC4)cc3-c3cc4c(cc3CCC2c2ccccc21)oc1nc(C)ccc14. The summed E-state index contributed by atoms with van der Waals surface area (Å²) in [6.45, 7) is 10.8. The monoisotopic (exact) mass is 578 g/mol. The van der Waals surface area contributed by atoms with Crippen LogP contribution >= 0.6 is 0 Å². The fourth-order valence-electron chi connectivity index (χ4n) is 8.11. The first-order chi connectivity index (χ1) is 21.6. The molecule has 5 aromatic rings. The van der Waals surface area contributed by atoms with Crippen molar-refractivity contribution in [2.45, 2.75) is 76.7 Å². The average Bonchev–Trinajstić information content (AvgIpc) is 3.39. The van der Waals surface area contributed by atoms with Crippen molar-refractivity contribution in [3.05, 3.63) is 114 Å². The maximum Gasteiger partial charge on any atom is 0.227 e. The van der Waals surface area contributed by atoms with Crippen molar-refractivity contribution < 1.29 is 8.98 Å². The number of hydrogen-bond donors (Lipinski definition) is 0. The van der Waals surface area contributed by atoms with Crippen molar-refractivity contribution in [2.24, 2.45) is 10.9 Å². The number of benzene rings is 2. The first-order valence-electron chi connectivity index (χ1n) is 16.4. The van der Waals surface area contributed by atoms with Gasteiger partial charge >= 0.3 is 0 Å². The first-order valence-corrected chi connectivity index (χ1v) is 16.4. The van der Waals surface area contributed by atoms with E-state index in [4.69, 9.17) is 21.0 Å². The van der Waals surface area contributed by atoms with Crippen LogP contribution in [0.5, 0.6) is 0 Å². The lowest BCUT2D eigenvalue weighted by molar-refractivity contribution is -0.571. The van der Waals surface area contributed by atoms with Gasteiger partial charge in [0.2, 0.25) is 11.4 Å². The van der Waals surface area contributed by atoms with Gasteiger partial charge in [-0.2, -0.15) is 4.57 Å². The summed E-state index contributed by atoms with van der Waals surface area (Å²) in [5.41, 5.74) is 12.5. The Kier molecular flexibility index (Phi) is 6.81. The molecule has 0 N–H and O–H groups in total. The van der Waals surface area contributed by atoms with Crippen LogP contribution in [0.1, 0.15) is 78.8 Å². The standard InChI is InChI=1S/C40H40N3O/c1-4-36-31-13-9-8-12-30(31)32-17-15-29-23-39-35(33-16-14-25(2)41-40(33)44-39)24-34(29)38-22-28(21-27-10-6-5-7-11-27)18-19-43(38)26(3)20-37(32)42-36/h4,8-9,12-14,16,18-19,22-24,27,32,37H,1,3,5-7,10-11,15,17,20-21H2,2H3/q+1. The van der Waals surface area contributed by atoms with Crippen LogP contribution in [-0.4, -0.2) is 16.7 Å². The maximum atomic E-state index is 6.38. The van der Waals surface area contributed by atoms with E-state index in [1.54, 1.807) is 0 Å². The summed E-state index contributed by atoms with van der Waals surface area (Å²) in [5, 5.41) is 2.20. The summed E-state index contributed by atoms with van der Waals surface area (Å²) in [6, 6.07) is 22.5. The van der Waals surface area contributed by atoms with Gasteiger partial charge < -0.3 is 4.42 Å². The van der Waals surface area contributed by atoms with Gasteiger partial charge in [0.1, 0.15) is 5.58 Å². The van der Waals surface area contributed by atoms with E-state index in [0.717, 1.165) is 65.1 Å². The Balaban J connectivity index is 1.31. The zero-order valence-electron chi connectivity index (χ0n) is 25.7. The molecular formula is C40H40N3O+. The molecule has 1 aliphatic carbocycles. The highest BCUT2D eigenvalue weighted by Gasteiger charge is 2.35. The third kappa shape index (κ3) is 4.72. The highest BCUT2D eigenvalue weighted by atomic mass is 16.3. The number of hydrogen-bond acceptors (Lipinski definition) is 3. The van der Waals surface area contributed by atoms with Gasteiger partial charge in [-0.25, -0.2) is 4.98 Å². The van der Waals surface area contributed by atoms with Crippen LogP contribution in [0.3, 0.4) is 0 Å². The van der Waals surface area contributed by atoms with E-state index in [2.05, 4.69) is 78.0 Å². The predicted octanol–water partition coefficient (Wildman–Crippen LogP) is 9.31. The Morgan fingerprint density at radius 3 is 2.68 bits per heavy atom. The third-order valence-corrected chi connectivity index (χ3v) is 10.4. The number of nitrogens with zero attached hydrogens (tertiary/aromatic N) is 3. The second-order valence-electron chi connectivity index (χ2n) is 13.2. The molecule has 8 rings (SSSR count). The maximum absolute atomic E-state index is 6.38. The molecule has 0 saturated heterocycles. The molecule has 4 heteroatoms.